The monoisotopic (exact) mass is 471 g/mol. The molecule has 5 rings (SSSR count). The zero-order valence-corrected chi connectivity index (χ0v) is 20.4. The van der Waals surface area contributed by atoms with E-state index in [2.05, 4.69) is 11.8 Å². The highest BCUT2D eigenvalue weighted by molar-refractivity contribution is 5.95. The molecule has 1 unspecified atom stereocenters. The van der Waals surface area contributed by atoms with E-state index in [-0.39, 0.29) is 17.6 Å². The molecule has 35 heavy (non-hydrogen) atoms. The molecule has 2 N–H and O–H groups in total. The summed E-state index contributed by atoms with van der Waals surface area (Å²) in [5.41, 5.74) is 4.71. The Bertz CT molecular complexity index is 1220. The van der Waals surface area contributed by atoms with Crippen LogP contribution < -0.4 is 9.47 Å². The van der Waals surface area contributed by atoms with E-state index in [1.807, 2.05) is 43.3 Å². The summed E-state index contributed by atoms with van der Waals surface area (Å²) >= 11 is 0. The minimum Gasteiger partial charge on any atom is -0.508 e. The number of benzene rings is 3. The van der Waals surface area contributed by atoms with E-state index >= 15 is 0 Å². The molecule has 5 heteroatoms. The lowest BCUT2D eigenvalue weighted by Gasteiger charge is -2.31. The normalized spacial score (nSPS) is 20.3. The number of ether oxygens (including phenoxy) is 2. The Kier molecular flexibility index (Phi) is 6.69. The first-order valence-corrected chi connectivity index (χ1v) is 12.4. The summed E-state index contributed by atoms with van der Waals surface area (Å²) in [7, 11) is 0. The van der Waals surface area contributed by atoms with Crippen molar-refractivity contribution in [1.29, 1.82) is 0 Å². The third kappa shape index (κ3) is 5.15. The second-order valence-corrected chi connectivity index (χ2v) is 9.73. The predicted molar refractivity (Wildman–Crippen MR) is 139 cm³/mol. The molecule has 1 saturated heterocycles. The fraction of sp³-hybridized carbons (Fsp3) is 0.333. The number of rotatable bonds is 6. The van der Waals surface area contributed by atoms with Crippen LogP contribution in [-0.4, -0.2) is 41.4 Å². The van der Waals surface area contributed by atoms with Crippen molar-refractivity contribution in [3.63, 3.8) is 0 Å². The van der Waals surface area contributed by atoms with Gasteiger partial charge in [-0.2, -0.15) is 0 Å². The van der Waals surface area contributed by atoms with Gasteiger partial charge >= 0.3 is 0 Å². The minimum absolute atomic E-state index is 0.195. The standard InChI is InChI=1S/C30H33NO4/c1-20-5-4-14-31(19-20)15-16-34-26-11-8-22(9-12-26)30-29(23-6-3-7-24(32)17-23)21(2)27-18-25(33)10-13-28(27)35-30/h3,6-13,17-18,20,30,32-33H,4-5,14-16,19H2,1-2H3/t20-,30?/m1/s1. The van der Waals surface area contributed by atoms with E-state index in [0.717, 1.165) is 64.9 Å². The molecule has 1 fully saturated rings. The molecule has 2 atom stereocenters. The molecule has 5 nitrogen and oxygen atoms in total. The molecular formula is C30H33NO4. The number of phenols is 2. The van der Waals surface area contributed by atoms with Gasteiger partial charge in [0, 0.05) is 24.2 Å². The van der Waals surface area contributed by atoms with Crippen molar-refractivity contribution in [2.45, 2.75) is 32.8 Å². The SMILES string of the molecule is CC1=C(c2cccc(O)c2)C(c2ccc(OCCN3CCC[C@@H](C)C3)cc2)Oc2ccc(O)cc21. The first-order valence-electron chi connectivity index (χ1n) is 12.4. The molecule has 3 aromatic carbocycles. The van der Waals surface area contributed by atoms with Crippen LogP contribution in [0.3, 0.4) is 0 Å². The van der Waals surface area contributed by atoms with Crippen LogP contribution in [0.2, 0.25) is 0 Å². The Morgan fingerprint density at radius 1 is 1.00 bits per heavy atom. The summed E-state index contributed by atoms with van der Waals surface area (Å²) in [6.45, 7) is 8.30. The zero-order valence-electron chi connectivity index (χ0n) is 20.4. The van der Waals surface area contributed by atoms with E-state index in [1.54, 1.807) is 30.3 Å². The maximum Gasteiger partial charge on any atom is 0.150 e. The van der Waals surface area contributed by atoms with Crippen molar-refractivity contribution in [1.82, 2.24) is 4.90 Å². The molecule has 0 aliphatic carbocycles. The number of fused-ring (bicyclic) bond motifs is 1. The second kappa shape index (κ2) is 10.0. The van der Waals surface area contributed by atoms with Gasteiger partial charge in [0.05, 0.1) is 0 Å². The molecule has 0 spiro atoms. The number of allylic oxidation sites excluding steroid dienone is 1. The highest BCUT2D eigenvalue weighted by atomic mass is 16.5. The highest BCUT2D eigenvalue weighted by Gasteiger charge is 2.29. The molecule has 0 amide bonds. The number of piperidine rings is 1. The summed E-state index contributed by atoms with van der Waals surface area (Å²) in [6, 6.07) is 20.5. The predicted octanol–water partition coefficient (Wildman–Crippen LogP) is 6.27. The van der Waals surface area contributed by atoms with Gasteiger partial charge < -0.3 is 19.7 Å². The molecule has 182 valence electrons. The number of hydrogen-bond donors (Lipinski definition) is 2. The number of phenolic OH excluding ortho intramolecular Hbond substituents is 2. The van der Waals surface area contributed by atoms with Crippen LogP contribution in [-0.2, 0) is 0 Å². The molecule has 0 bridgehead atoms. The van der Waals surface area contributed by atoms with Crippen LogP contribution >= 0.6 is 0 Å². The van der Waals surface area contributed by atoms with Gasteiger partial charge in [0.15, 0.2) is 0 Å². The summed E-state index contributed by atoms with van der Waals surface area (Å²) in [6.07, 6.45) is 2.25. The number of hydrogen-bond acceptors (Lipinski definition) is 5. The van der Waals surface area contributed by atoms with E-state index in [4.69, 9.17) is 9.47 Å². The maximum absolute atomic E-state index is 10.1. The lowest BCUT2D eigenvalue weighted by Crippen LogP contribution is -2.37. The quantitative estimate of drug-likeness (QED) is 0.443. The van der Waals surface area contributed by atoms with Crippen LogP contribution in [0.5, 0.6) is 23.0 Å². The largest absolute Gasteiger partial charge is 0.508 e. The maximum atomic E-state index is 10.1. The second-order valence-electron chi connectivity index (χ2n) is 9.73. The van der Waals surface area contributed by atoms with Gasteiger partial charge in [0.1, 0.15) is 35.7 Å². The Hall–Kier alpha value is -3.44. The van der Waals surface area contributed by atoms with Gasteiger partial charge in [-0.3, -0.25) is 4.90 Å². The van der Waals surface area contributed by atoms with Crippen molar-refractivity contribution in [2.24, 2.45) is 5.92 Å². The summed E-state index contributed by atoms with van der Waals surface area (Å²) < 4.78 is 12.5. The molecular weight excluding hydrogens is 438 g/mol. The Balaban J connectivity index is 1.38. The smallest absolute Gasteiger partial charge is 0.150 e. The van der Waals surface area contributed by atoms with E-state index in [1.165, 1.54) is 12.8 Å². The van der Waals surface area contributed by atoms with E-state index < -0.39 is 0 Å². The first kappa shape index (κ1) is 23.3. The molecule has 0 saturated carbocycles. The number of likely N-dealkylation sites (tertiary alicyclic amines) is 1. The van der Waals surface area contributed by atoms with Gasteiger partial charge in [-0.15, -0.1) is 0 Å². The lowest BCUT2D eigenvalue weighted by molar-refractivity contribution is 0.153. The Labute approximate surface area is 207 Å². The van der Waals surface area contributed by atoms with Crippen molar-refractivity contribution in [3.05, 3.63) is 83.4 Å². The van der Waals surface area contributed by atoms with Gasteiger partial charge in [-0.1, -0.05) is 31.2 Å². The Morgan fingerprint density at radius 2 is 1.80 bits per heavy atom. The van der Waals surface area contributed by atoms with Gasteiger partial charge in [0.2, 0.25) is 0 Å². The number of aromatic hydroxyl groups is 2. The van der Waals surface area contributed by atoms with Crippen molar-refractivity contribution in [3.8, 4) is 23.0 Å². The molecule has 2 heterocycles. The Morgan fingerprint density at radius 3 is 2.57 bits per heavy atom. The van der Waals surface area contributed by atoms with Crippen LogP contribution in [0.25, 0.3) is 11.1 Å². The molecule has 0 radical (unpaired) electrons. The van der Waals surface area contributed by atoms with Crippen molar-refractivity contribution < 1.29 is 19.7 Å². The molecule has 3 aromatic rings. The topological polar surface area (TPSA) is 62.2 Å². The third-order valence-corrected chi connectivity index (χ3v) is 7.04. The van der Waals surface area contributed by atoms with Crippen LogP contribution in [0.1, 0.15) is 49.5 Å². The van der Waals surface area contributed by atoms with Crippen LogP contribution in [0.15, 0.2) is 66.7 Å². The average molecular weight is 472 g/mol. The zero-order chi connectivity index (χ0) is 24.4. The van der Waals surface area contributed by atoms with E-state index in [0.29, 0.717) is 6.61 Å². The van der Waals surface area contributed by atoms with Gasteiger partial charge in [0.25, 0.3) is 0 Å². The minimum atomic E-state index is -0.349. The summed E-state index contributed by atoms with van der Waals surface area (Å²) in [4.78, 5) is 2.49. The fourth-order valence-electron chi connectivity index (χ4n) is 5.24. The van der Waals surface area contributed by atoms with E-state index in [9.17, 15) is 10.2 Å². The van der Waals surface area contributed by atoms with Gasteiger partial charge in [-0.25, -0.2) is 0 Å². The number of nitrogens with zero attached hydrogens (tertiary/aromatic N) is 1. The molecule has 0 aromatic heterocycles. The summed E-state index contributed by atoms with van der Waals surface area (Å²) in [5, 5.41) is 20.2. The fourth-order valence-corrected chi connectivity index (χ4v) is 5.24. The summed E-state index contributed by atoms with van der Waals surface area (Å²) in [5.74, 6) is 2.74. The average Bonchev–Trinajstić information content (AvgIpc) is 2.85. The van der Waals surface area contributed by atoms with Crippen molar-refractivity contribution in [2.75, 3.05) is 26.2 Å². The molecule has 2 aliphatic heterocycles. The first-order chi connectivity index (χ1) is 17.0. The van der Waals surface area contributed by atoms with Crippen LogP contribution in [0, 0.1) is 5.92 Å². The van der Waals surface area contributed by atoms with Gasteiger partial charge in [-0.05, 0) is 91.4 Å². The lowest BCUT2D eigenvalue weighted by atomic mass is 9.86. The van der Waals surface area contributed by atoms with Crippen molar-refractivity contribution >= 4 is 11.1 Å². The molecule has 2 aliphatic rings. The third-order valence-electron chi connectivity index (χ3n) is 7.04. The highest BCUT2D eigenvalue weighted by Crippen LogP contribution is 2.47. The van der Waals surface area contributed by atoms with Crippen LogP contribution in [0.4, 0.5) is 0 Å².